The fraction of sp³-hybridized carbons (Fsp3) is 0.278. The van der Waals surface area contributed by atoms with E-state index in [4.69, 9.17) is 4.74 Å². The number of aryl methyl sites for hydroxylation is 1. The summed E-state index contributed by atoms with van der Waals surface area (Å²) >= 11 is 0. The van der Waals surface area contributed by atoms with Crippen molar-refractivity contribution in [2.24, 2.45) is 0 Å². The van der Waals surface area contributed by atoms with Gasteiger partial charge in [0.05, 0.1) is 12.7 Å². The lowest BCUT2D eigenvalue weighted by molar-refractivity contribution is 0.175. The Balaban J connectivity index is 1.53. The van der Waals surface area contributed by atoms with Gasteiger partial charge >= 0.3 is 6.03 Å². The molecule has 2 amide bonds. The summed E-state index contributed by atoms with van der Waals surface area (Å²) in [6.45, 7) is 0.757. The van der Waals surface area contributed by atoms with Crippen LogP contribution in [0.5, 0.6) is 5.75 Å². The van der Waals surface area contributed by atoms with E-state index >= 15 is 0 Å². The predicted molar refractivity (Wildman–Crippen MR) is 88.6 cm³/mol. The van der Waals surface area contributed by atoms with E-state index in [1.807, 2.05) is 12.1 Å². The monoisotopic (exact) mass is 330 g/mol. The normalized spacial score (nSPS) is 14.2. The van der Waals surface area contributed by atoms with Crippen LogP contribution in [0, 0.1) is 5.82 Å². The van der Waals surface area contributed by atoms with Crippen molar-refractivity contribution in [1.29, 1.82) is 0 Å². The second-order valence-corrected chi connectivity index (χ2v) is 5.68. The van der Waals surface area contributed by atoms with Gasteiger partial charge in [-0.05, 0) is 54.3 Å². The summed E-state index contributed by atoms with van der Waals surface area (Å²) in [6.07, 6.45) is 0.996. The first-order valence-corrected chi connectivity index (χ1v) is 7.86. The molecule has 0 saturated heterocycles. The first-order valence-electron chi connectivity index (χ1n) is 7.86. The van der Waals surface area contributed by atoms with Gasteiger partial charge in [-0.1, -0.05) is 12.1 Å². The largest absolute Gasteiger partial charge is 0.493 e. The molecular weight excluding hydrogens is 311 g/mol. The van der Waals surface area contributed by atoms with Crippen LogP contribution in [0.15, 0.2) is 42.5 Å². The molecule has 0 fully saturated rings. The fourth-order valence-electron chi connectivity index (χ4n) is 2.61. The lowest BCUT2D eigenvalue weighted by Crippen LogP contribution is -2.32. The summed E-state index contributed by atoms with van der Waals surface area (Å²) in [4.78, 5) is 11.9. The van der Waals surface area contributed by atoms with E-state index in [2.05, 4.69) is 10.6 Å². The van der Waals surface area contributed by atoms with Crippen molar-refractivity contribution in [2.75, 3.05) is 18.5 Å². The third kappa shape index (κ3) is 4.02. The summed E-state index contributed by atoms with van der Waals surface area (Å²) in [5.41, 5.74) is 2.29. The molecule has 2 aromatic rings. The van der Waals surface area contributed by atoms with Gasteiger partial charge < -0.3 is 20.5 Å². The predicted octanol–water partition coefficient (Wildman–Crippen LogP) is 3.01. The minimum absolute atomic E-state index is 0.0333. The number of amides is 2. The van der Waals surface area contributed by atoms with E-state index in [-0.39, 0.29) is 12.4 Å². The van der Waals surface area contributed by atoms with Crippen LogP contribution in [0.1, 0.15) is 23.7 Å². The molecule has 1 aliphatic rings. The van der Waals surface area contributed by atoms with Gasteiger partial charge in [-0.2, -0.15) is 0 Å². The number of fused-ring (bicyclic) bond motifs is 1. The van der Waals surface area contributed by atoms with E-state index in [9.17, 15) is 14.3 Å². The van der Waals surface area contributed by atoms with Crippen LogP contribution in [-0.2, 0) is 6.42 Å². The molecule has 0 bridgehead atoms. The fourth-order valence-corrected chi connectivity index (χ4v) is 2.61. The summed E-state index contributed by atoms with van der Waals surface area (Å²) in [6, 6.07) is 10.6. The third-order valence-electron chi connectivity index (χ3n) is 3.88. The number of hydrogen-bond acceptors (Lipinski definition) is 3. The lowest BCUT2D eigenvalue weighted by atomic mass is 10.1. The van der Waals surface area contributed by atoms with Crippen molar-refractivity contribution in [1.82, 2.24) is 5.32 Å². The van der Waals surface area contributed by atoms with Gasteiger partial charge in [-0.15, -0.1) is 0 Å². The Morgan fingerprint density at radius 1 is 1.25 bits per heavy atom. The molecule has 126 valence electrons. The SMILES string of the molecule is O=C(NCC(O)c1ccc(F)cc1)Nc1ccc2c(c1)CCCO2. The Bertz CT molecular complexity index is 719. The molecule has 1 heterocycles. The number of nitrogens with one attached hydrogen (secondary N) is 2. The number of hydrogen-bond donors (Lipinski definition) is 3. The highest BCUT2D eigenvalue weighted by atomic mass is 19.1. The molecule has 2 aromatic carbocycles. The molecule has 0 aliphatic carbocycles. The van der Waals surface area contributed by atoms with E-state index in [1.54, 1.807) is 6.07 Å². The highest BCUT2D eigenvalue weighted by molar-refractivity contribution is 5.89. The summed E-state index contributed by atoms with van der Waals surface area (Å²) in [5.74, 6) is 0.493. The molecular formula is C18H19FN2O3. The zero-order chi connectivity index (χ0) is 16.9. The van der Waals surface area contributed by atoms with Crippen LogP contribution >= 0.6 is 0 Å². The highest BCUT2D eigenvalue weighted by Crippen LogP contribution is 2.27. The average Bonchev–Trinajstić information content (AvgIpc) is 2.60. The zero-order valence-corrected chi connectivity index (χ0v) is 13.1. The maximum absolute atomic E-state index is 12.9. The van der Waals surface area contributed by atoms with E-state index in [1.165, 1.54) is 24.3 Å². The standard InChI is InChI=1S/C18H19FN2O3/c19-14-5-3-12(4-6-14)16(22)11-20-18(23)21-15-7-8-17-13(10-15)2-1-9-24-17/h3-8,10,16,22H,1-2,9,11H2,(H2,20,21,23). The third-order valence-corrected chi connectivity index (χ3v) is 3.88. The maximum Gasteiger partial charge on any atom is 0.319 e. The van der Waals surface area contributed by atoms with Gasteiger partial charge in [0, 0.05) is 12.2 Å². The molecule has 1 aliphatic heterocycles. The molecule has 24 heavy (non-hydrogen) atoms. The van der Waals surface area contributed by atoms with Crippen molar-refractivity contribution in [2.45, 2.75) is 18.9 Å². The van der Waals surface area contributed by atoms with Crippen molar-refractivity contribution < 1.29 is 19.0 Å². The minimum atomic E-state index is -0.895. The molecule has 3 rings (SSSR count). The average molecular weight is 330 g/mol. The zero-order valence-electron chi connectivity index (χ0n) is 13.1. The van der Waals surface area contributed by atoms with Gasteiger partial charge in [0.15, 0.2) is 0 Å². The molecule has 0 aromatic heterocycles. The van der Waals surface area contributed by atoms with Crippen molar-refractivity contribution in [3.05, 3.63) is 59.4 Å². The maximum atomic E-state index is 12.9. The van der Waals surface area contributed by atoms with Crippen LogP contribution in [-0.4, -0.2) is 24.3 Å². The highest BCUT2D eigenvalue weighted by Gasteiger charge is 2.13. The van der Waals surface area contributed by atoms with Crippen molar-refractivity contribution in [3.8, 4) is 5.75 Å². The molecule has 6 heteroatoms. The smallest absolute Gasteiger partial charge is 0.319 e. The number of benzene rings is 2. The molecule has 0 saturated carbocycles. The van der Waals surface area contributed by atoms with Crippen molar-refractivity contribution in [3.63, 3.8) is 0 Å². The number of anilines is 1. The van der Waals surface area contributed by atoms with Gasteiger partial charge in [0.1, 0.15) is 11.6 Å². The van der Waals surface area contributed by atoms with E-state index in [0.717, 1.165) is 30.8 Å². The number of ether oxygens (including phenoxy) is 1. The van der Waals surface area contributed by atoms with Crippen LogP contribution in [0.4, 0.5) is 14.9 Å². The Morgan fingerprint density at radius 2 is 2.04 bits per heavy atom. The molecule has 1 atom stereocenters. The number of urea groups is 1. The van der Waals surface area contributed by atoms with Crippen LogP contribution in [0.2, 0.25) is 0 Å². The number of aliphatic hydroxyl groups excluding tert-OH is 1. The molecule has 3 N–H and O–H groups in total. The lowest BCUT2D eigenvalue weighted by Gasteiger charge is -2.18. The van der Waals surface area contributed by atoms with Gasteiger partial charge in [-0.25, -0.2) is 9.18 Å². The Morgan fingerprint density at radius 3 is 2.83 bits per heavy atom. The van der Waals surface area contributed by atoms with Crippen LogP contribution in [0.25, 0.3) is 0 Å². The van der Waals surface area contributed by atoms with Gasteiger partial charge in [0.25, 0.3) is 0 Å². The second kappa shape index (κ2) is 7.31. The first-order chi connectivity index (χ1) is 11.6. The Kier molecular flexibility index (Phi) is 4.96. The summed E-state index contributed by atoms with van der Waals surface area (Å²) < 4.78 is 18.4. The Labute approximate surface area is 139 Å². The Hall–Kier alpha value is -2.60. The number of rotatable bonds is 4. The number of carbonyl (C=O) groups is 1. The molecule has 0 radical (unpaired) electrons. The summed E-state index contributed by atoms with van der Waals surface area (Å²) in [7, 11) is 0. The second-order valence-electron chi connectivity index (χ2n) is 5.68. The molecule has 1 unspecified atom stereocenters. The quantitative estimate of drug-likeness (QED) is 0.807. The van der Waals surface area contributed by atoms with Crippen molar-refractivity contribution >= 4 is 11.7 Å². The van der Waals surface area contributed by atoms with Gasteiger partial charge in [0.2, 0.25) is 0 Å². The number of carbonyl (C=O) groups excluding carboxylic acids is 1. The van der Waals surface area contributed by atoms with E-state index in [0.29, 0.717) is 11.3 Å². The number of aliphatic hydroxyl groups is 1. The summed E-state index contributed by atoms with van der Waals surface area (Å²) in [5, 5.41) is 15.3. The minimum Gasteiger partial charge on any atom is -0.493 e. The number of halogens is 1. The van der Waals surface area contributed by atoms with Gasteiger partial charge in [-0.3, -0.25) is 0 Å². The van der Waals surface area contributed by atoms with Crippen LogP contribution < -0.4 is 15.4 Å². The van der Waals surface area contributed by atoms with Crippen LogP contribution in [0.3, 0.4) is 0 Å². The van der Waals surface area contributed by atoms with E-state index < -0.39 is 12.1 Å². The molecule has 0 spiro atoms. The molecule has 5 nitrogen and oxygen atoms in total. The topological polar surface area (TPSA) is 70.6 Å². The first kappa shape index (κ1) is 16.3.